The molecule has 0 aliphatic rings. The highest BCUT2D eigenvalue weighted by atomic mass is 16.5. The molecule has 2 rings (SSSR count). The van der Waals surface area contributed by atoms with Gasteiger partial charge in [-0.1, -0.05) is 12.1 Å². The van der Waals surface area contributed by atoms with Gasteiger partial charge in [-0.15, -0.1) is 0 Å². The molecule has 1 aromatic carbocycles. The van der Waals surface area contributed by atoms with Crippen LogP contribution < -0.4 is 4.74 Å². The summed E-state index contributed by atoms with van der Waals surface area (Å²) in [6.07, 6.45) is 0. The number of para-hydroxylation sites is 1. The average Bonchev–Trinajstić information content (AvgIpc) is 2.71. The Morgan fingerprint density at radius 1 is 1.56 bits per heavy atom. The van der Waals surface area contributed by atoms with Gasteiger partial charge in [0.25, 0.3) is 0 Å². The van der Waals surface area contributed by atoms with Crippen LogP contribution in [0.3, 0.4) is 0 Å². The lowest BCUT2D eigenvalue weighted by Gasteiger charge is -2.04. The van der Waals surface area contributed by atoms with Gasteiger partial charge in [0.2, 0.25) is 0 Å². The van der Waals surface area contributed by atoms with Crippen molar-refractivity contribution < 1.29 is 14.6 Å². The van der Waals surface area contributed by atoms with E-state index in [0.717, 1.165) is 5.39 Å². The molecule has 0 bridgehead atoms. The van der Waals surface area contributed by atoms with Crippen molar-refractivity contribution in [3.05, 3.63) is 23.9 Å². The molecule has 0 radical (unpaired) electrons. The molecule has 0 saturated heterocycles. The largest absolute Gasteiger partial charge is 0.494 e. The maximum atomic E-state index is 10.9. The van der Waals surface area contributed by atoms with Crippen LogP contribution in [0.4, 0.5) is 0 Å². The predicted molar refractivity (Wildman–Crippen MR) is 58.7 cm³/mol. The van der Waals surface area contributed by atoms with Crippen molar-refractivity contribution in [2.45, 2.75) is 12.8 Å². The normalized spacial score (nSPS) is 12.6. The summed E-state index contributed by atoms with van der Waals surface area (Å²) < 4.78 is 5.15. The molecule has 0 aliphatic carbocycles. The van der Waals surface area contributed by atoms with Crippen LogP contribution in [0.25, 0.3) is 10.9 Å². The van der Waals surface area contributed by atoms with Gasteiger partial charge in [0.1, 0.15) is 11.3 Å². The minimum Gasteiger partial charge on any atom is -0.494 e. The predicted octanol–water partition coefficient (Wildman–Crippen LogP) is 1.76. The number of aliphatic carboxylic acids is 1. The average molecular weight is 220 g/mol. The van der Waals surface area contributed by atoms with E-state index in [1.165, 1.54) is 0 Å². The highest BCUT2D eigenvalue weighted by Crippen LogP contribution is 2.29. The number of rotatable bonds is 3. The molecule has 2 aromatic rings. The molecule has 0 amide bonds. The Balaban J connectivity index is 2.61. The molecule has 2 N–H and O–H groups in total. The van der Waals surface area contributed by atoms with E-state index in [9.17, 15) is 4.79 Å². The minimum absolute atomic E-state index is 0.599. The third-order valence-corrected chi connectivity index (χ3v) is 2.60. The first-order chi connectivity index (χ1) is 7.65. The van der Waals surface area contributed by atoms with E-state index in [1.54, 1.807) is 20.1 Å². The Morgan fingerprint density at radius 3 is 2.94 bits per heavy atom. The van der Waals surface area contributed by atoms with Gasteiger partial charge in [0.05, 0.1) is 18.7 Å². The SMILES string of the molecule is COc1cccc2c(C(C)C(=O)O)[nH]nc12. The lowest BCUT2D eigenvalue weighted by Crippen LogP contribution is -2.08. The van der Waals surface area contributed by atoms with Crippen molar-refractivity contribution in [1.82, 2.24) is 10.2 Å². The van der Waals surface area contributed by atoms with E-state index in [0.29, 0.717) is 17.0 Å². The van der Waals surface area contributed by atoms with Gasteiger partial charge >= 0.3 is 5.97 Å². The van der Waals surface area contributed by atoms with Crippen LogP contribution in [-0.4, -0.2) is 28.4 Å². The second-order valence-corrected chi connectivity index (χ2v) is 3.55. The molecule has 16 heavy (non-hydrogen) atoms. The lowest BCUT2D eigenvalue weighted by molar-refractivity contribution is -0.138. The van der Waals surface area contributed by atoms with E-state index in [2.05, 4.69) is 10.2 Å². The lowest BCUT2D eigenvalue weighted by atomic mass is 10.0. The number of hydrogen-bond acceptors (Lipinski definition) is 3. The van der Waals surface area contributed by atoms with Crippen LogP contribution in [0.2, 0.25) is 0 Å². The summed E-state index contributed by atoms with van der Waals surface area (Å²) in [5.74, 6) is -0.858. The Kier molecular flexibility index (Phi) is 2.52. The summed E-state index contributed by atoms with van der Waals surface area (Å²) in [5.41, 5.74) is 1.26. The number of aromatic amines is 1. The Labute approximate surface area is 92.0 Å². The highest BCUT2D eigenvalue weighted by Gasteiger charge is 2.20. The first kappa shape index (κ1) is 10.5. The number of hydrogen-bond donors (Lipinski definition) is 2. The molecule has 0 spiro atoms. The number of aromatic nitrogens is 2. The molecule has 1 heterocycles. The summed E-state index contributed by atoms with van der Waals surface area (Å²) >= 11 is 0. The maximum absolute atomic E-state index is 10.9. The number of benzene rings is 1. The second-order valence-electron chi connectivity index (χ2n) is 3.55. The molecule has 0 fully saturated rings. The standard InChI is InChI=1S/C11H12N2O3/c1-6(11(14)15)9-7-4-3-5-8(16-2)10(7)13-12-9/h3-6H,1-2H3,(H,12,13)(H,14,15). The van der Waals surface area contributed by atoms with Crippen molar-refractivity contribution in [3.63, 3.8) is 0 Å². The van der Waals surface area contributed by atoms with Crippen LogP contribution in [0, 0.1) is 0 Å². The zero-order chi connectivity index (χ0) is 11.7. The molecular formula is C11H12N2O3. The van der Waals surface area contributed by atoms with Gasteiger partial charge in [0, 0.05) is 5.39 Å². The number of carboxylic acids is 1. The number of carbonyl (C=O) groups is 1. The van der Waals surface area contributed by atoms with E-state index in [1.807, 2.05) is 12.1 Å². The first-order valence-electron chi connectivity index (χ1n) is 4.89. The van der Waals surface area contributed by atoms with E-state index < -0.39 is 11.9 Å². The molecule has 5 heteroatoms. The van der Waals surface area contributed by atoms with Gasteiger partial charge in [0.15, 0.2) is 0 Å². The van der Waals surface area contributed by atoms with Crippen molar-refractivity contribution in [2.75, 3.05) is 7.11 Å². The van der Waals surface area contributed by atoms with Crippen molar-refractivity contribution in [2.24, 2.45) is 0 Å². The van der Waals surface area contributed by atoms with Crippen molar-refractivity contribution >= 4 is 16.9 Å². The van der Waals surface area contributed by atoms with Gasteiger partial charge in [-0.25, -0.2) is 0 Å². The zero-order valence-electron chi connectivity index (χ0n) is 9.02. The summed E-state index contributed by atoms with van der Waals surface area (Å²) in [6.45, 7) is 1.62. The zero-order valence-corrected chi connectivity index (χ0v) is 9.02. The number of methoxy groups -OCH3 is 1. The summed E-state index contributed by atoms with van der Waals surface area (Å²) in [6, 6.07) is 5.43. The van der Waals surface area contributed by atoms with E-state index in [4.69, 9.17) is 9.84 Å². The Morgan fingerprint density at radius 2 is 2.31 bits per heavy atom. The van der Waals surface area contributed by atoms with Gasteiger partial charge in [-0.2, -0.15) is 5.10 Å². The topological polar surface area (TPSA) is 75.2 Å². The van der Waals surface area contributed by atoms with Crippen molar-refractivity contribution in [1.29, 1.82) is 0 Å². The summed E-state index contributed by atoms with van der Waals surface area (Å²) in [5, 5.41) is 16.6. The van der Waals surface area contributed by atoms with Gasteiger partial charge < -0.3 is 9.84 Å². The summed E-state index contributed by atoms with van der Waals surface area (Å²) in [7, 11) is 1.56. The molecule has 1 unspecified atom stereocenters. The van der Waals surface area contributed by atoms with Gasteiger partial charge in [-0.05, 0) is 13.0 Å². The van der Waals surface area contributed by atoms with Crippen LogP contribution in [0.15, 0.2) is 18.2 Å². The maximum Gasteiger partial charge on any atom is 0.312 e. The molecule has 84 valence electrons. The third kappa shape index (κ3) is 1.50. The Bertz CT molecular complexity index is 533. The van der Waals surface area contributed by atoms with Crippen LogP contribution in [-0.2, 0) is 4.79 Å². The number of fused-ring (bicyclic) bond motifs is 1. The van der Waals surface area contributed by atoms with E-state index in [-0.39, 0.29) is 0 Å². The van der Waals surface area contributed by atoms with Gasteiger partial charge in [-0.3, -0.25) is 9.89 Å². The monoisotopic (exact) mass is 220 g/mol. The number of H-pyrrole nitrogens is 1. The first-order valence-corrected chi connectivity index (χ1v) is 4.89. The number of nitrogens with zero attached hydrogens (tertiary/aromatic N) is 1. The molecule has 0 saturated carbocycles. The fraction of sp³-hybridized carbons (Fsp3) is 0.273. The molecular weight excluding hydrogens is 208 g/mol. The van der Waals surface area contributed by atoms with Crippen LogP contribution in [0.1, 0.15) is 18.5 Å². The summed E-state index contributed by atoms with van der Waals surface area (Å²) in [4.78, 5) is 10.9. The number of carboxylic acid groups (broad SMARTS) is 1. The minimum atomic E-state index is -0.881. The molecule has 1 atom stereocenters. The van der Waals surface area contributed by atoms with Crippen molar-refractivity contribution in [3.8, 4) is 5.75 Å². The molecule has 5 nitrogen and oxygen atoms in total. The molecule has 1 aromatic heterocycles. The third-order valence-electron chi connectivity index (χ3n) is 2.60. The quantitative estimate of drug-likeness (QED) is 0.826. The fourth-order valence-electron chi connectivity index (χ4n) is 1.65. The van der Waals surface area contributed by atoms with Crippen LogP contribution in [0.5, 0.6) is 5.75 Å². The Hall–Kier alpha value is -2.04. The van der Waals surface area contributed by atoms with Crippen LogP contribution >= 0.6 is 0 Å². The number of ether oxygens (including phenoxy) is 1. The van der Waals surface area contributed by atoms with E-state index >= 15 is 0 Å². The second kappa shape index (κ2) is 3.84. The highest BCUT2D eigenvalue weighted by molar-refractivity contribution is 5.90. The number of nitrogens with one attached hydrogen (secondary N) is 1. The molecule has 0 aliphatic heterocycles. The smallest absolute Gasteiger partial charge is 0.312 e. The fourth-order valence-corrected chi connectivity index (χ4v) is 1.65.